The number of benzene rings is 1. The van der Waals surface area contributed by atoms with E-state index in [-0.39, 0.29) is 0 Å². The standard InChI is InChI=1S/C22H36N2O2/c1-19(2)9-12-24(15-16-25-3)17-20-10-13-23(14-11-20)18-21-7-5-6-8-22(21)26-4/h5-9,20H,10-18H2,1-4H3. The van der Waals surface area contributed by atoms with Crippen LogP contribution in [0.3, 0.4) is 0 Å². The molecule has 0 atom stereocenters. The van der Waals surface area contributed by atoms with Crippen LogP contribution in [0, 0.1) is 5.92 Å². The molecule has 0 N–H and O–H groups in total. The van der Waals surface area contributed by atoms with Crippen LogP contribution in [0.5, 0.6) is 5.75 Å². The summed E-state index contributed by atoms with van der Waals surface area (Å²) in [6.07, 6.45) is 4.87. The highest BCUT2D eigenvalue weighted by atomic mass is 16.5. The largest absolute Gasteiger partial charge is 0.496 e. The van der Waals surface area contributed by atoms with Crippen molar-refractivity contribution in [2.45, 2.75) is 33.2 Å². The minimum atomic E-state index is 0.784. The summed E-state index contributed by atoms with van der Waals surface area (Å²) < 4.78 is 10.8. The first-order valence-corrected chi connectivity index (χ1v) is 9.81. The molecule has 1 aliphatic heterocycles. The Labute approximate surface area is 159 Å². The van der Waals surface area contributed by atoms with Gasteiger partial charge in [0.05, 0.1) is 13.7 Å². The van der Waals surface area contributed by atoms with E-state index in [0.717, 1.165) is 37.9 Å². The Morgan fingerprint density at radius 3 is 2.58 bits per heavy atom. The maximum atomic E-state index is 5.49. The summed E-state index contributed by atoms with van der Waals surface area (Å²) >= 11 is 0. The summed E-state index contributed by atoms with van der Waals surface area (Å²) in [7, 11) is 3.54. The molecule has 0 unspecified atom stereocenters. The van der Waals surface area contributed by atoms with Gasteiger partial charge in [-0.3, -0.25) is 9.80 Å². The van der Waals surface area contributed by atoms with E-state index >= 15 is 0 Å². The van der Waals surface area contributed by atoms with Crippen molar-refractivity contribution in [1.29, 1.82) is 0 Å². The first-order chi connectivity index (χ1) is 12.6. The van der Waals surface area contributed by atoms with Crippen LogP contribution in [0.2, 0.25) is 0 Å². The number of hydrogen-bond acceptors (Lipinski definition) is 4. The van der Waals surface area contributed by atoms with Gasteiger partial charge in [0.2, 0.25) is 0 Å². The van der Waals surface area contributed by atoms with Crippen LogP contribution >= 0.6 is 0 Å². The second kappa shape index (κ2) is 11.4. The van der Waals surface area contributed by atoms with Crippen molar-refractivity contribution in [1.82, 2.24) is 9.80 Å². The molecule has 1 fully saturated rings. The summed E-state index contributed by atoms with van der Waals surface area (Å²) in [4.78, 5) is 5.10. The number of ether oxygens (including phenoxy) is 2. The molecule has 4 heteroatoms. The second-order valence-electron chi connectivity index (χ2n) is 7.57. The SMILES string of the molecule is COCCN(CC=C(C)C)CC1CCN(Cc2ccccc2OC)CC1. The quantitative estimate of drug-likeness (QED) is 0.592. The molecule has 146 valence electrons. The third kappa shape index (κ3) is 7.10. The molecule has 0 radical (unpaired) electrons. The minimum absolute atomic E-state index is 0.784. The predicted octanol–water partition coefficient (Wildman–Crippen LogP) is 3.82. The van der Waals surface area contributed by atoms with Gasteiger partial charge in [0.1, 0.15) is 5.75 Å². The Kier molecular flexibility index (Phi) is 9.16. The van der Waals surface area contributed by atoms with Crippen LogP contribution in [-0.4, -0.2) is 63.4 Å². The fourth-order valence-electron chi connectivity index (χ4n) is 3.56. The molecule has 1 aromatic carbocycles. The van der Waals surface area contributed by atoms with Crippen molar-refractivity contribution in [3.63, 3.8) is 0 Å². The number of hydrogen-bond donors (Lipinski definition) is 0. The molecule has 4 nitrogen and oxygen atoms in total. The van der Waals surface area contributed by atoms with Gasteiger partial charge in [-0.05, 0) is 51.8 Å². The van der Waals surface area contributed by atoms with Crippen LogP contribution in [0.1, 0.15) is 32.3 Å². The molecule has 1 saturated heterocycles. The zero-order chi connectivity index (χ0) is 18.8. The molecule has 1 aliphatic rings. The number of likely N-dealkylation sites (tertiary alicyclic amines) is 1. The smallest absolute Gasteiger partial charge is 0.123 e. The van der Waals surface area contributed by atoms with E-state index in [0.29, 0.717) is 0 Å². The maximum Gasteiger partial charge on any atom is 0.123 e. The molecular weight excluding hydrogens is 324 g/mol. The summed E-state index contributed by atoms with van der Waals surface area (Å²) in [5.74, 6) is 1.79. The van der Waals surface area contributed by atoms with Crippen LogP contribution in [0.4, 0.5) is 0 Å². The first kappa shape index (κ1) is 20.9. The molecule has 1 aromatic rings. The second-order valence-corrected chi connectivity index (χ2v) is 7.57. The van der Waals surface area contributed by atoms with E-state index in [9.17, 15) is 0 Å². The Morgan fingerprint density at radius 1 is 1.19 bits per heavy atom. The molecule has 0 amide bonds. The van der Waals surface area contributed by atoms with Gasteiger partial charge in [-0.25, -0.2) is 0 Å². The average Bonchev–Trinajstić information content (AvgIpc) is 2.65. The van der Waals surface area contributed by atoms with Gasteiger partial charge in [0.15, 0.2) is 0 Å². The molecular formula is C22H36N2O2. The van der Waals surface area contributed by atoms with Gasteiger partial charge in [0.25, 0.3) is 0 Å². The van der Waals surface area contributed by atoms with E-state index < -0.39 is 0 Å². The summed E-state index contributed by atoms with van der Waals surface area (Å²) in [6.45, 7) is 11.7. The lowest BCUT2D eigenvalue weighted by molar-refractivity contribution is 0.116. The average molecular weight is 361 g/mol. The number of rotatable bonds is 10. The Hall–Kier alpha value is -1.36. The van der Waals surface area contributed by atoms with Crippen molar-refractivity contribution >= 4 is 0 Å². The van der Waals surface area contributed by atoms with Crippen LogP contribution in [-0.2, 0) is 11.3 Å². The maximum absolute atomic E-state index is 5.49. The summed E-state index contributed by atoms with van der Waals surface area (Å²) in [6, 6.07) is 8.37. The fourth-order valence-corrected chi connectivity index (χ4v) is 3.56. The van der Waals surface area contributed by atoms with E-state index in [4.69, 9.17) is 9.47 Å². The zero-order valence-electron chi connectivity index (χ0n) is 17.0. The highest BCUT2D eigenvalue weighted by Gasteiger charge is 2.21. The zero-order valence-corrected chi connectivity index (χ0v) is 17.0. The number of nitrogens with zero attached hydrogens (tertiary/aromatic N) is 2. The van der Waals surface area contributed by atoms with Crippen molar-refractivity contribution in [2.24, 2.45) is 5.92 Å². The summed E-state index contributed by atoms with van der Waals surface area (Å²) in [5.41, 5.74) is 2.68. The lowest BCUT2D eigenvalue weighted by Gasteiger charge is -2.35. The molecule has 2 rings (SSSR count). The van der Waals surface area contributed by atoms with Gasteiger partial charge < -0.3 is 9.47 Å². The van der Waals surface area contributed by atoms with Crippen LogP contribution < -0.4 is 4.74 Å². The molecule has 1 heterocycles. The Balaban J connectivity index is 1.81. The van der Waals surface area contributed by atoms with Crippen molar-refractivity contribution in [3.05, 3.63) is 41.5 Å². The first-order valence-electron chi connectivity index (χ1n) is 9.81. The van der Waals surface area contributed by atoms with E-state index in [1.54, 1.807) is 14.2 Å². The van der Waals surface area contributed by atoms with Gasteiger partial charge in [-0.1, -0.05) is 29.8 Å². The van der Waals surface area contributed by atoms with E-state index in [2.05, 4.69) is 47.9 Å². The van der Waals surface area contributed by atoms with Gasteiger partial charge in [0, 0.05) is 38.9 Å². The van der Waals surface area contributed by atoms with Crippen LogP contribution in [0.15, 0.2) is 35.9 Å². The fraction of sp³-hybridized carbons (Fsp3) is 0.636. The lowest BCUT2D eigenvalue weighted by atomic mass is 9.95. The normalized spacial score (nSPS) is 16.0. The Morgan fingerprint density at radius 2 is 1.92 bits per heavy atom. The lowest BCUT2D eigenvalue weighted by Crippen LogP contribution is -2.39. The van der Waals surface area contributed by atoms with Gasteiger partial charge in [-0.2, -0.15) is 0 Å². The third-order valence-corrected chi connectivity index (χ3v) is 5.18. The van der Waals surface area contributed by atoms with E-state index in [1.807, 2.05) is 6.07 Å². The van der Waals surface area contributed by atoms with Crippen LogP contribution in [0.25, 0.3) is 0 Å². The highest BCUT2D eigenvalue weighted by Crippen LogP contribution is 2.24. The molecule has 0 aliphatic carbocycles. The topological polar surface area (TPSA) is 24.9 Å². The number of para-hydroxylation sites is 1. The van der Waals surface area contributed by atoms with Crippen molar-refractivity contribution in [3.8, 4) is 5.75 Å². The molecule has 0 spiro atoms. The monoisotopic (exact) mass is 360 g/mol. The van der Waals surface area contributed by atoms with Gasteiger partial charge >= 0.3 is 0 Å². The number of allylic oxidation sites excluding steroid dienone is 1. The number of piperidine rings is 1. The summed E-state index contributed by atoms with van der Waals surface area (Å²) in [5, 5.41) is 0. The molecule has 26 heavy (non-hydrogen) atoms. The molecule has 0 aromatic heterocycles. The predicted molar refractivity (Wildman–Crippen MR) is 109 cm³/mol. The van der Waals surface area contributed by atoms with Gasteiger partial charge in [-0.15, -0.1) is 0 Å². The number of methoxy groups -OCH3 is 2. The molecule has 0 bridgehead atoms. The van der Waals surface area contributed by atoms with E-state index in [1.165, 1.54) is 43.6 Å². The highest BCUT2D eigenvalue weighted by molar-refractivity contribution is 5.33. The minimum Gasteiger partial charge on any atom is -0.496 e. The van der Waals surface area contributed by atoms with Crippen molar-refractivity contribution < 1.29 is 9.47 Å². The Bertz CT molecular complexity index is 547. The third-order valence-electron chi connectivity index (χ3n) is 5.18. The molecule has 0 saturated carbocycles. The van der Waals surface area contributed by atoms with Crippen molar-refractivity contribution in [2.75, 3.05) is 53.6 Å².